The lowest BCUT2D eigenvalue weighted by Crippen LogP contribution is -2.66. The van der Waals surface area contributed by atoms with E-state index in [-0.39, 0.29) is 5.04 Å². The molecule has 0 aliphatic rings. The Morgan fingerprint density at radius 3 is 1.85 bits per heavy atom. The Bertz CT molecular complexity index is 674. The van der Waals surface area contributed by atoms with Crippen molar-refractivity contribution in [3.63, 3.8) is 0 Å². The Balaban J connectivity index is 2.48. The fraction of sp³-hybridized carbons (Fsp3) is 0.417. The van der Waals surface area contributed by atoms with Gasteiger partial charge < -0.3 is 4.43 Å². The van der Waals surface area contributed by atoms with Gasteiger partial charge in [0.15, 0.2) is 0 Å². The van der Waals surface area contributed by atoms with Gasteiger partial charge in [-0.2, -0.15) is 0 Å². The van der Waals surface area contributed by atoms with E-state index in [1.807, 2.05) is 0 Å². The smallest absolute Gasteiger partial charge is 0.261 e. The van der Waals surface area contributed by atoms with Gasteiger partial charge in [-0.15, -0.1) is 0 Å². The van der Waals surface area contributed by atoms with E-state index in [9.17, 15) is 0 Å². The quantitative estimate of drug-likeness (QED) is 0.278. The van der Waals surface area contributed by atoms with Crippen LogP contribution in [-0.4, -0.2) is 20.3 Å². The van der Waals surface area contributed by atoms with E-state index >= 15 is 0 Å². The summed E-state index contributed by atoms with van der Waals surface area (Å²) in [6.45, 7) is 12.2. The van der Waals surface area contributed by atoms with Crippen LogP contribution in [0.4, 0.5) is 0 Å². The topological polar surface area (TPSA) is 9.23 Å². The van der Waals surface area contributed by atoms with Crippen molar-refractivity contribution in [2.45, 2.75) is 46.1 Å². The molecule has 2 aromatic rings. The van der Waals surface area contributed by atoms with Crippen LogP contribution in [0.2, 0.25) is 5.04 Å². The van der Waals surface area contributed by atoms with Crippen LogP contribution in [0.1, 0.15) is 41.0 Å². The standard InChI is InChI=1S/C24H33BrOSi/c1-6-21(18-25)17-20(2)19-26-27(24(3,4)5,22-13-9-7-10-14-22)23-15-11-8-12-16-23/h7-17,20H,6,18-19H2,1-5H3/b21-17-/t20-/m0/s1. The summed E-state index contributed by atoms with van der Waals surface area (Å²) in [6, 6.07) is 21.7. The fourth-order valence-corrected chi connectivity index (χ4v) is 8.98. The largest absolute Gasteiger partial charge is 0.407 e. The highest BCUT2D eigenvalue weighted by molar-refractivity contribution is 9.09. The second kappa shape index (κ2) is 9.86. The Morgan fingerprint density at radius 1 is 1.00 bits per heavy atom. The first-order valence-corrected chi connectivity index (χ1v) is 12.9. The maximum absolute atomic E-state index is 7.00. The minimum atomic E-state index is -2.42. The van der Waals surface area contributed by atoms with E-state index in [0.29, 0.717) is 5.92 Å². The SMILES string of the molecule is CC/C(=C/[C@H](C)CO[Si](c1ccccc1)(c1ccccc1)C(C)(C)C)CBr. The fourth-order valence-electron chi connectivity index (χ4n) is 3.73. The number of hydrogen-bond acceptors (Lipinski definition) is 1. The number of halogens is 1. The molecule has 0 bridgehead atoms. The summed E-state index contributed by atoms with van der Waals surface area (Å²) in [5, 5.41) is 3.65. The first-order chi connectivity index (χ1) is 12.8. The third-order valence-electron chi connectivity index (χ3n) is 5.13. The van der Waals surface area contributed by atoms with Crippen LogP contribution in [-0.2, 0) is 4.43 Å². The molecule has 0 N–H and O–H groups in total. The van der Waals surface area contributed by atoms with Crippen molar-refractivity contribution in [3.05, 3.63) is 72.3 Å². The van der Waals surface area contributed by atoms with Crippen LogP contribution in [0.15, 0.2) is 72.3 Å². The molecule has 0 radical (unpaired) electrons. The molecule has 1 nitrogen and oxygen atoms in total. The summed E-state index contributed by atoms with van der Waals surface area (Å²) >= 11 is 3.60. The van der Waals surface area contributed by atoms with Gasteiger partial charge in [0.05, 0.1) is 0 Å². The molecule has 2 aromatic carbocycles. The van der Waals surface area contributed by atoms with Gasteiger partial charge in [0.2, 0.25) is 0 Å². The van der Waals surface area contributed by atoms with Crippen LogP contribution >= 0.6 is 15.9 Å². The number of hydrogen-bond donors (Lipinski definition) is 0. The molecule has 146 valence electrons. The van der Waals surface area contributed by atoms with Crippen molar-refractivity contribution in [2.24, 2.45) is 5.92 Å². The van der Waals surface area contributed by atoms with Gasteiger partial charge in [-0.05, 0) is 27.8 Å². The summed E-state index contributed by atoms with van der Waals surface area (Å²) in [7, 11) is -2.42. The van der Waals surface area contributed by atoms with Gasteiger partial charge in [-0.1, -0.05) is 123 Å². The van der Waals surface area contributed by atoms with Crippen molar-refractivity contribution in [1.29, 1.82) is 0 Å². The van der Waals surface area contributed by atoms with E-state index in [4.69, 9.17) is 4.43 Å². The molecule has 0 spiro atoms. The Morgan fingerprint density at radius 2 is 1.48 bits per heavy atom. The first kappa shape index (κ1) is 22.1. The molecule has 0 amide bonds. The van der Waals surface area contributed by atoms with Crippen molar-refractivity contribution >= 4 is 34.6 Å². The Labute approximate surface area is 175 Å². The summed E-state index contributed by atoms with van der Waals surface area (Å²) in [4.78, 5) is 0. The maximum atomic E-state index is 7.00. The monoisotopic (exact) mass is 444 g/mol. The highest BCUT2D eigenvalue weighted by Gasteiger charge is 2.50. The Hall–Kier alpha value is -1.16. The van der Waals surface area contributed by atoms with Crippen LogP contribution in [0.3, 0.4) is 0 Å². The highest BCUT2D eigenvalue weighted by Crippen LogP contribution is 2.37. The molecule has 0 unspecified atom stereocenters. The molecule has 0 saturated heterocycles. The first-order valence-electron chi connectivity index (χ1n) is 9.85. The molecule has 0 aliphatic carbocycles. The molecule has 1 atom stereocenters. The predicted molar refractivity (Wildman–Crippen MR) is 125 cm³/mol. The zero-order chi connectivity index (χ0) is 19.9. The van der Waals surface area contributed by atoms with Gasteiger partial charge in [-0.3, -0.25) is 0 Å². The highest BCUT2D eigenvalue weighted by atomic mass is 79.9. The zero-order valence-electron chi connectivity index (χ0n) is 17.3. The van der Waals surface area contributed by atoms with Gasteiger partial charge in [0.1, 0.15) is 0 Å². The molecule has 27 heavy (non-hydrogen) atoms. The van der Waals surface area contributed by atoms with E-state index in [2.05, 4.69) is 117 Å². The normalized spacial score (nSPS) is 14.2. The van der Waals surface area contributed by atoms with Gasteiger partial charge in [-0.25, -0.2) is 0 Å². The predicted octanol–water partition coefficient (Wildman–Crippen LogP) is 5.93. The average molecular weight is 446 g/mol. The Kier molecular flexibility index (Phi) is 8.08. The average Bonchev–Trinajstić information content (AvgIpc) is 2.67. The van der Waals surface area contributed by atoms with Crippen molar-refractivity contribution < 1.29 is 4.43 Å². The summed E-state index contributed by atoms with van der Waals surface area (Å²) in [6.07, 6.45) is 3.45. The molecular weight excluding hydrogens is 412 g/mol. The molecular formula is C24H33BrOSi. The molecule has 0 aromatic heterocycles. The number of rotatable bonds is 8. The van der Waals surface area contributed by atoms with Crippen LogP contribution in [0.5, 0.6) is 0 Å². The lowest BCUT2D eigenvalue weighted by molar-refractivity contribution is 0.267. The van der Waals surface area contributed by atoms with E-state index in [1.54, 1.807) is 0 Å². The second-order valence-corrected chi connectivity index (χ2v) is 13.1. The van der Waals surface area contributed by atoms with Gasteiger partial charge in [0.25, 0.3) is 8.32 Å². The minimum Gasteiger partial charge on any atom is -0.407 e. The minimum absolute atomic E-state index is 0.0299. The molecule has 0 heterocycles. The van der Waals surface area contributed by atoms with Crippen LogP contribution < -0.4 is 10.4 Å². The van der Waals surface area contributed by atoms with E-state index in [1.165, 1.54) is 15.9 Å². The number of benzene rings is 2. The van der Waals surface area contributed by atoms with E-state index in [0.717, 1.165) is 18.4 Å². The molecule has 0 fully saturated rings. The third-order valence-corrected chi connectivity index (χ3v) is 10.9. The van der Waals surface area contributed by atoms with Gasteiger partial charge >= 0.3 is 0 Å². The lowest BCUT2D eigenvalue weighted by Gasteiger charge is -2.43. The third kappa shape index (κ3) is 5.22. The zero-order valence-corrected chi connectivity index (χ0v) is 19.9. The molecule has 0 aliphatic heterocycles. The summed E-state index contributed by atoms with van der Waals surface area (Å²) in [5.74, 6) is 0.388. The maximum Gasteiger partial charge on any atom is 0.261 e. The van der Waals surface area contributed by atoms with Gasteiger partial charge in [0, 0.05) is 11.9 Å². The van der Waals surface area contributed by atoms with Crippen LogP contribution in [0.25, 0.3) is 0 Å². The van der Waals surface area contributed by atoms with E-state index < -0.39 is 8.32 Å². The lowest BCUT2D eigenvalue weighted by atomic mass is 10.1. The number of allylic oxidation sites excluding steroid dienone is 1. The molecule has 2 rings (SSSR count). The van der Waals surface area contributed by atoms with Crippen molar-refractivity contribution in [2.75, 3.05) is 11.9 Å². The van der Waals surface area contributed by atoms with Crippen molar-refractivity contribution in [3.8, 4) is 0 Å². The van der Waals surface area contributed by atoms with Crippen molar-refractivity contribution in [1.82, 2.24) is 0 Å². The molecule has 0 saturated carbocycles. The number of alkyl halides is 1. The second-order valence-electron chi connectivity index (χ2n) is 8.26. The summed E-state index contributed by atoms with van der Waals surface area (Å²) in [5.41, 5.74) is 1.44. The van der Waals surface area contributed by atoms with Crippen LogP contribution in [0, 0.1) is 5.92 Å². The summed E-state index contributed by atoms with van der Waals surface area (Å²) < 4.78 is 7.00. The molecule has 3 heteroatoms.